The first kappa shape index (κ1) is 10.4. The molecule has 0 saturated carbocycles. The van der Waals surface area contributed by atoms with E-state index in [4.69, 9.17) is 4.74 Å². The van der Waals surface area contributed by atoms with E-state index in [1.54, 1.807) is 13.8 Å². The number of aromatic amines is 1. The smallest absolute Gasteiger partial charge is 0.314 e. The van der Waals surface area contributed by atoms with Crippen LogP contribution in [0.1, 0.15) is 30.8 Å². The molecule has 0 atom stereocenters. The molecule has 0 amide bonds. The summed E-state index contributed by atoms with van der Waals surface area (Å²) in [6, 6.07) is 1.52. The Morgan fingerprint density at radius 3 is 2.79 bits per heavy atom. The molecule has 0 radical (unpaired) electrons. The maximum atomic E-state index is 11.3. The number of ketones is 1. The fourth-order valence-electron chi connectivity index (χ4n) is 0.942. The molecule has 1 heterocycles. The van der Waals surface area contributed by atoms with Crippen molar-refractivity contribution in [2.24, 2.45) is 0 Å². The molecule has 0 aliphatic heterocycles. The lowest BCUT2D eigenvalue weighted by Gasteiger charge is -2.06. The van der Waals surface area contributed by atoms with Crippen LogP contribution in [-0.4, -0.2) is 28.1 Å². The van der Waals surface area contributed by atoms with E-state index in [9.17, 15) is 9.59 Å². The molecule has 0 fully saturated rings. The highest BCUT2D eigenvalue weighted by Crippen LogP contribution is 2.01. The van der Waals surface area contributed by atoms with E-state index in [2.05, 4.69) is 10.2 Å². The molecule has 0 saturated heterocycles. The van der Waals surface area contributed by atoms with Gasteiger partial charge < -0.3 is 4.74 Å². The standard InChI is InChI=1S/C9H12N2O3/c1-6(2)14-9(13)5-8(12)7-3-4-10-11-7/h3-4,6H,5H2,1-2H3,(H,10,11). The molecule has 1 N–H and O–H groups in total. The first-order valence-electron chi connectivity index (χ1n) is 4.31. The van der Waals surface area contributed by atoms with Crippen molar-refractivity contribution < 1.29 is 14.3 Å². The Bertz CT molecular complexity index is 317. The van der Waals surface area contributed by atoms with Crippen LogP contribution in [0.3, 0.4) is 0 Å². The van der Waals surface area contributed by atoms with Gasteiger partial charge in [0.2, 0.25) is 0 Å². The number of hydrogen-bond donors (Lipinski definition) is 1. The lowest BCUT2D eigenvalue weighted by Crippen LogP contribution is -2.15. The molecule has 0 unspecified atom stereocenters. The zero-order valence-electron chi connectivity index (χ0n) is 8.11. The van der Waals surface area contributed by atoms with Crippen LogP contribution in [0.2, 0.25) is 0 Å². The van der Waals surface area contributed by atoms with Crippen molar-refractivity contribution >= 4 is 11.8 Å². The number of aromatic nitrogens is 2. The third-order valence-corrected chi connectivity index (χ3v) is 1.47. The summed E-state index contributed by atoms with van der Waals surface area (Å²) in [7, 11) is 0. The summed E-state index contributed by atoms with van der Waals surface area (Å²) >= 11 is 0. The fraction of sp³-hybridized carbons (Fsp3) is 0.444. The number of H-pyrrole nitrogens is 1. The van der Waals surface area contributed by atoms with Crippen molar-refractivity contribution in [3.8, 4) is 0 Å². The lowest BCUT2D eigenvalue weighted by atomic mass is 10.2. The van der Waals surface area contributed by atoms with E-state index < -0.39 is 5.97 Å². The second-order valence-electron chi connectivity index (χ2n) is 3.11. The van der Waals surface area contributed by atoms with Crippen LogP contribution < -0.4 is 0 Å². The topological polar surface area (TPSA) is 72.1 Å². The van der Waals surface area contributed by atoms with Crippen LogP contribution in [0.4, 0.5) is 0 Å². The van der Waals surface area contributed by atoms with Gasteiger partial charge in [-0.3, -0.25) is 14.7 Å². The Balaban J connectivity index is 2.46. The Hall–Kier alpha value is -1.65. The predicted octanol–water partition coefficient (Wildman–Crippen LogP) is 0.934. The minimum atomic E-state index is -0.514. The number of nitrogens with one attached hydrogen (secondary N) is 1. The van der Waals surface area contributed by atoms with Crippen LogP contribution in [0.15, 0.2) is 12.3 Å². The van der Waals surface area contributed by atoms with Gasteiger partial charge in [-0.1, -0.05) is 0 Å². The average molecular weight is 196 g/mol. The van der Waals surface area contributed by atoms with Crippen LogP contribution in [0.25, 0.3) is 0 Å². The van der Waals surface area contributed by atoms with E-state index in [0.717, 1.165) is 0 Å². The molecule has 1 aromatic rings. The number of esters is 1. The fourth-order valence-corrected chi connectivity index (χ4v) is 0.942. The minimum Gasteiger partial charge on any atom is -0.463 e. The van der Waals surface area contributed by atoms with E-state index in [0.29, 0.717) is 5.69 Å². The summed E-state index contributed by atoms with van der Waals surface area (Å²) in [6.07, 6.45) is 1.01. The molecule has 5 heteroatoms. The zero-order valence-corrected chi connectivity index (χ0v) is 8.11. The molecule has 1 rings (SSSR count). The van der Waals surface area contributed by atoms with Crippen LogP contribution in [0.5, 0.6) is 0 Å². The molecular formula is C9H12N2O3. The van der Waals surface area contributed by atoms with Crippen LogP contribution >= 0.6 is 0 Å². The summed E-state index contributed by atoms with van der Waals surface area (Å²) in [6.45, 7) is 3.47. The number of Topliss-reactive ketones (excluding diaryl/α,β-unsaturated/α-hetero) is 1. The molecule has 0 bridgehead atoms. The summed E-state index contributed by atoms with van der Waals surface area (Å²) in [4.78, 5) is 22.4. The van der Waals surface area contributed by atoms with E-state index in [-0.39, 0.29) is 18.3 Å². The average Bonchev–Trinajstić information content (AvgIpc) is 2.53. The molecule has 0 aliphatic carbocycles. The Kier molecular flexibility index (Phi) is 3.39. The van der Waals surface area contributed by atoms with Gasteiger partial charge in [-0.2, -0.15) is 5.10 Å². The number of carbonyl (C=O) groups excluding carboxylic acids is 2. The van der Waals surface area contributed by atoms with Crippen LogP contribution in [0, 0.1) is 0 Å². The zero-order chi connectivity index (χ0) is 10.6. The highest BCUT2D eigenvalue weighted by atomic mass is 16.5. The molecule has 0 spiro atoms. The first-order valence-corrected chi connectivity index (χ1v) is 4.31. The van der Waals surface area contributed by atoms with Gasteiger partial charge in [0.25, 0.3) is 0 Å². The molecule has 0 aromatic carbocycles. The van der Waals surface area contributed by atoms with Crippen molar-refractivity contribution in [3.05, 3.63) is 18.0 Å². The Morgan fingerprint density at radius 2 is 2.29 bits per heavy atom. The van der Waals surface area contributed by atoms with Crippen molar-refractivity contribution in [2.45, 2.75) is 26.4 Å². The lowest BCUT2D eigenvalue weighted by molar-refractivity contribution is -0.146. The van der Waals surface area contributed by atoms with Gasteiger partial charge in [0.05, 0.1) is 6.10 Å². The van der Waals surface area contributed by atoms with Crippen molar-refractivity contribution in [3.63, 3.8) is 0 Å². The Labute approximate surface area is 81.5 Å². The van der Waals surface area contributed by atoms with E-state index >= 15 is 0 Å². The van der Waals surface area contributed by atoms with Gasteiger partial charge in [-0.05, 0) is 19.9 Å². The molecule has 5 nitrogen and oxygen atoms in total. The number of nitrogens with zero attached hydrogens (tertiary/aromatic N) is 1. The number of carbonyl (C=O) groups is 2. The summed E-state index contributed by atoms with van der Waals surface area (Å²) in [5.74, 6) is -0.826. The number of rotatable bonds is 4. The van der Waals surface area contributed by atoms with Crippen molar-refractivity contribution in [1.82, 2.24) is 10.2 Å². The summed E-state index contributed by atoms with van der Waals surface area (Å²) in [5, 5.41) is 6.10. The minimum absolute atomic E-state index is 0.197. The van der Waals surface area contributed by atoms with Gasteiger partial charge >= 0.3 is 5.97 Å². The van der Waals surface area contributed by atoms with Gasteiger partial charge in [0.15, 0.2) is 5.78 Å². The highest BCUT2D eigenvalue weighted by molar-refractivity contribution is 6.04. The second kappa shape index (κ2) is 4.55. The van der Waals surface area contributed by atoms with Crippen molar-refractivity contribution in [2.75, 3.05) is 0 Å². The van der Waals surface area contributed by atoms with Gasteiger partial charge in [0.1, 0.15) is 12.1 Å². The summed E-state index contributed by atoms with van der Waals surface area (Å²) < 4.78 is 4.82. The number of hydrogen-bond acceptors (Lipinski definition) is 4. The van der Waals surface area contributed by atoms with Gasteiger partial charge in [-0.15, -0.1) is 0 Å². The second-order valence-corrected chi connectivity index (χ2v) is 3.11. The maximum Gasteiger partial charge on any atom is 0.314 e. The Morgan fingerprint density at radius 1 is 1.57 bits per heavy atom. The first-order chi connectivity index (χ1) is 6.59. The summed E-state index contributed by atoms with van der Waals surface area (Å²) in [5.41, 5.74) is 0.325. The monoisotopic (exact) mass is 196 g/mol. The highest BCUT2D eigenvalue weighted by Gasteiger charge is 2.14. The third-order valence-electron chi connectivity index (χ3n) is 1.47. The van der Waals surface area contributed by atoms with E-state index in [1.165, 1.54) is 12.3 Å². The largest absolute Gasteiger partial charge is 0.463 e. The normalized spacial score (nSPS) is 10.2. The maximum absolute atomic E-state index is 11.3. The number of ether oxygens (including phenoxy) is 1. The SMILES string of the molecule is CC(C)OC(=O)CC(=O)c1ccn[nH]1. The molecular weight excluding hydrogens is 184 g/mol. The molecule has 0 aliphatic rings. The van der Waals surface area contributed by atoms with Gasteiger partial charge in [0, 0.05) is 6.20 Å². The quantitative estimate of drug-likeness (QED) is 0.442. The third kappa shape index (κ3) is 3.01. The molecule has 1 aromatic heterocycles. The molecule has 14 heavy (non-hydrogen) atoms. The van der Waals surface area contributed by atoms with Crippen molar-refractivity contribution in [1.29, 1.82) is 0 Å². The van der Waals surface area contributed by atoms with Crippen LogP contribution in [-0.2, 0) is 9.53 Å². The van der Waals surface area contributed by atoms with Gasteiger partial charge in [-0.25, -0.2) is 0 Å². The molecule has 76 valence electrons. The van der Waals surface area contributed by atoms with E-state index in [1.807, 2.05) is 0 Å². The predicted molar refractivity (Wildman–Crippen MR) is 48.8 cm³/mol.